The summed E-state index contributed by atoms with van der Waals surface area (Å²) in [5.74, 6) is -1.05. The van der Waals surface area contributed by atoms with Crippen molar-refractivity contribution in [2.75, 3.05) is 13.1 Å². The zero-order valence-electron chi connectivity index (χ0n) is 13.5. The number of hydrogen-bond donors (Lipinski definition) is 2. The molecule has 0 atom stereocenters. The van der Waals surface area contributed by atoms with Gasteiger partial charge in [0.1, 0.15) is 0 Å². The second-order valence-corrected chi connectivity index (χ2v) is 7.72. The summed E-state index contributed by atoms with van der Waals surface area (Å²) in [5, 5.41) is 17.7. The van der Waals surface area contributed by atoms with E-state index in [2.05, 4.69) is 4.72 Å². The number of carbonyl (C=O) groups is 1. The molecule has 1 aromatic carbocycles. The summed E-state index contributed by atoms with van der Waals surface area (Å²) in [4.78, 5) is 12.6. The average molecular weight is 351 g/mol. The number of sulfonamides is 1. The fourth-order valence-corrected chi connectivity index (χ4v) is 4.30. The third kappa shape index (κ3) is 5.03. The van der Waals surface area contributed by atoms with Crippen molar-refractivity contribution in [1.29, 1.82) is 5.26 Å². The molecule has 2 rings (SSSR count). The van der Waals surface area contributed by atoms with Crippen molar-refractivity contribution in [2.45, 2.75) is 37.6 Å². The van der Waals surface area contributed by atoms with Crippen LogP contribution in [-0.4, -0.2) is 49.6 Å². The molecule has 0 aliphatic heterocycles. The van der Waals surface area contributed by atoms with E-state index >= 15 is 0 Å². The summed E-state index contributed by atoms with van der Waals surface area (Å²) in [6.07, 6.45) is 1.22. The summed E-state index contributed by atoms with van der Waals surface area (Å²) in [6, 6.07) is 8.45. The molecule has 2 N–H and O–H groups in total. The highest BCUT2D eigenvalue weighted by Gasteiger charge is 2.35. The second-order valence-electron chi connectivity index (χ2n) is 5.97. The molecule has 130 valence electrons. The third-order valence-corrected chi connectivity index (χ3v) is 5.54. The van der Waals surface area contributed by atoms with Crippen molar-refractivity contribution in [3.63, 3.8) is 0 Å². The molecular weight excluding hydrogens is 330 g/mol. The molecule has 0 aromatic heterocycles. The topological polar surface area (TPSA) is 110 Å². The Hall–Kier alpha value is -1.95. The maximum Gasteiger partial charge on any atom is 0.317 e. The van der Waals surface area contributed by atoms with E-state index in [4.69, 9.17) is 10.4 Å². The molecule has 0 bridgehead atoms. The highest BCUT2D eigenvalue weighted by atomic mass is 32.2. The van der Waals surface area contributed by atoms with E-state index in [1.165, 1.54) is 0 Å². The van der Waals surface area contributed by atoms with Gasteiger partial charge in [-0.05, 0) is 37.1 Å². The van der Waals surface area contributed by atoms with Crippen LogP contribution in [0.25, 0.3) is 0 Å². The Balaban J connectivity index is 1.88. The van der Waals surface area contributed by atoms with Crippen LogP contribution >= 0.6 is 0 Å². The summed E-state index contributed by atoms with van der Waals surface area (Å²) in [6.45, 7) is 2.49. The van der Waals surface area contributed by atoms with Crippen molar-refractivity contribution in [3.05, 3.63) is 35.4 Å². The lowest BCUT2D eigenvalue weighted by atomic mass is 9.86. The second kappa shape index (κ2) is 7.75. The number of carboxylic acid groups (broad SMARTS) is 1. The van der Waals surface area contributed by atoms with Crippen LogP contribution in [0.2, 0.25) is 0 Å². The molecule has 0 radical (unpaired) electrons. The largest absolute Gasteiger partial charge is 0.480 e. The van der Waals surface area contributed by atoms with Gasteiger partial charge in [-0.25, -0.2) is 13.1 Å². The first-order valence-corrected chi connectivity index (χ1v) is 9.43. The lowest BCUT2D eigenvalue weighted by molar-refractivity contribution is -0.139. The molecule has 1 saturated carbocycles. The summed E-state index contributed by atoms with van der Waals surface area (Å²) in [5.41, 5.74) is 0.997. The zero-order valence-corrected chi connectivity index (χ0v) is 14.3. The molecule has 8 heteroatoms. The maximum absolute atomic E-state index is 12.2. The number of nitriles is 1. The quantitative estimate of drug-likeness (QED) is 0.720. The molecule has 0 unspecified atom stereocenters. The first-order valence-electron chi connectivity index (χ1n) is 7.78. The fourth-order valence-electron chi connectivity index (χ4n) is 2.90. The predicted molar refractivity (Wildman–Crippen MR) is 88.6 cm³/mol. The monoisotopic (exact) mass is 351 g/mol. The Bertz CT molecular complexity index is 736. The SMILES string of the molecule is CCN(CC(=O)O)C1CC(NS(=O)(=O)Cc2cccc(C#N)c2)C1. The lowest BCUT2D eigenvalue weighted by Gasteiger charge is -2.42. The fraction of sp³-hybridized carbons (Fsp3) is 0.500. The number of rotatable bonds is 8. The van der Waals surface area contributed by atoms with Crippen LogP contribution in [0.3, 0.4) is 0 Å². The molecule has 1 aromatic rings. The Morgan fingerprint density at radius 2 is 2.17 bits per heavy atom. The van der Waals surface area contributed by atoms with Crippen LogP contribution in [0, 0.1) is 11.3 Å². The van der Waals surface area contributed by atoms with E-state index < -0.39 is 16.0 Å². The van der Waals surface area contributed by atoms with E-state index in [9.17, 15) is 13.2 Å². The number of hydrogen-bond acceptors (Lipinski definition) is 5. The van der Waals surface area contributed by atoms with Gasteiger partial charge in [0.05, 0.1) is 23.9 Å². The average Bonchev–Trinajstić information content (AvgIpc) is 2.48. The van der Waals surface area contributed by atoms with Crippen LogP contribution in [0.15, 0.2) is 24.3 Å². The van der Waals surface area contributed by atoms with E-state index in [-0.39, 0.29) is 24.4 Å². The Morgan fingerprint density at radius 3 is 2.75 bits per heavy atom. The van der Waals surface area contributed by atoms with Gasteiger partial charge < -0.3 is 5.11 Å². The minimum Gasteiger partial charge on any atom is -0.480 e. The number of benzene rings is 1. The normalized spacial score (nSPS) is 20.4. The summed E-state index contributed by atoms with van der Waals surface area (Å²) >= 11 is 0. The maximum atomic E-state index is 12.2. The molecule has 7 nitrogen and oxygen atoms in total. The van der Waals surface area contributed by atoms with E-state index in [0.717, 1.165) is 0 Å². The van der Waals surface area contributed by atoms with Crippen molar-refractivity contribution in [2.24, 2.45) is 0 Å². The Morgan fingerprint density at radius 1 is 1.46 bits per heavy atom. The number of aliphatic carboxylic acids is 1. The van der Waals surface area contributed by atoms with Crippen LogP contribution < -0.4 is 4.72 Å². The van der Waals surface area contributed by atoms with Crippen molar-refractivity contribution in [3.8, 4) is 6.07 Å². The molecule has 24 heavy (non-hydrogen) atoms. The van der Waals surface area contributed by atoms with Crippen molar-refractivity contribution in [1.82, 2.24) is 9.62 Å². The molecule has 0 spiro atoms. The molecular formula is C16H21N3O4S. The first-order chi connectivity index (χ1) is 11.3. The highest BCUT2D eigenvalue weighted by molar-refractivity contribution is 7.88. The van der Waals surface area contributed by atoms with Gasteiger partial charge in [0.15, 0.2) is 0 Å². The summed E-state index contributed by atoms with van der Waals surface area (Å²) in [7, 11) is -3.49. The minimum absolute atomic E-state index is 0.0262. The molecule has 0 amide bonds. The van der Waals surface area contributed by atoms with E-state index in [0.29, 0.717) is 30.5 Å². The van der Waals surface area contributed by atoms with Gasteiger partial charge in [-0.1, -0.05) is 19.1 Å². The van der Waals surface area contributed by atoms with Gasteiger partial charge in [-0.3, -0.25) is 9.69 Å². The smallest absolute Gasteiger partial charge is 0.317 e. The van der Waals surface area contributed by atoms with Crippen molar-refractivity contribution < 1.29 is 18.3 Å². The number of nitrogens with zero attached hydrogens (tertiary/aromatic N) is 2. The number of carboxylic acids is 1. The molecule has 0 saturated heterocycles. The van der Waals surface area contributed by atoms with Crippen LogP contribution in [0.4, 0.5) is 0 Å². The Labute approximate surface area is 141 Å². The third-order valence-electron chi connectivity index (χ3n) is 4.13. The Kier molecular flexibility index (Phi) is 5.94. The van der Waals surface area contributed by atoms with Crippen molar-refractivity contribution >= 4 is 16.0 Å². The number of nitrogens with one attached hydrogen (secondary N) is 1. The predicted octanol–water partition coefficient (Wildman–Crippen LogP) is 0.915. The standard InChI is InChI=1S/C16H21N3O4S/c1-2-19(10-16(20)21)15-7-14(8-15)18-24(22,23)11-13-5-3-4-12(6-13)9-17/h3-6,14-15,18H,2,7-8,10-11H2,1H3,(H,20,21). The van der Waals surface area contributed by atoms with E-state index in [1.807, 2.05) is 17.9 Å². The van der Waals surface area contributed by atoms with Gasteiger partial charge in [-0.2, -0.15) is 5.26 Å². The minimum atomic E-state index is -3.49. The summed E-state index contributed by atoms with van der Waals surface area (Å²) < 4.78 is 27.1. The van der Waals surface area contributed by atoms with E-state index in [1.54, 1.807) is 24.3 Å². The van der Waals surface area contributed by atoms with Crippen LogP contribution in [-0.2, 0) is 20.6 Å². The van der Waals surface area contributed by atoms with Gasteiger partial charge in [0.2, 0.25) is 10.0 Å². The van der Waals surface area contributed by atoms with Gasteiger partial charge in [0.25, 0.3) is 0 Å². The van der Waals surface area contributed by atoms with Gasteiger partial charge in [-0.15, -0.1) is 0 Å². The van der Waals surface area contributed by atoms with Crippen LogP contribution in [0.5, 0.6) is 0 Å². The molecule has 1 fully saturated rings. The molecule has 1 aliphatic rings. The van der Waals surface area contributed by atoms with Gasteiger partial charge in [0, 0.05) is 12.1 Å². The molecule has 1 aliphatic carbocycles. The van der Waals surface area contributed by atoms with Gasteiger partial charge >= 0.3 is 5.97 Å². The molecule has 0 heterocycles. The number of likely N-dealkylation sites (N-methyl/N-ethyl adjacent to an activating group) is 1. The zero-order chi connectivity index (χ0) is 17.7. The highest BCUT2D eigenvalue weighted by Crippen LogP contribution is 2.26. The lowest BCUT2D eigenvalue weighted by Crippen LogP contribution is -2.54. The van der Waals surface area contributed by atoms with Crippen LogP contribution in [0.1, 0.15) is 30.9 Å². The first kappa shape index (κ1) is 18.4.